The van der Waals surface area contributed by atoms with Crippen LogP contribution in [-0.2, 0) is 13.2 Å². The minimum Gasteiger partial charge on any atom is -0.493 e. The Balaban J connectivity index is 2.07. The summed E-state index contributed by atoms with van der Waals surface area (Å²) >= 11 is 7.37. The van der Waals surface area contributed by atoms with Gasteiger partial charge in [-0.25, -0.2) is 0 Å². The molecule has 2 aromatic rings. The standard InChI is InChI=1S/C15H17ClO3S/c1-2-7-18-12-4-3-11(9-17)14(8-12)19-10-13-5-6-15(16)20-13/h3-6,8,17H,2,7,9-10H2,1H3. The van der Waals surface area contributed by atoms with Crippen LogP contribution in [-0.4, -0.2) is 11.7 Å². The first-order valence-electron chi connectivity index (χ1n) is 6.46. The zero-order valence-corrected chi connectivity index (χ0v) is 12.8. The molecule has 20 heavy (non-hydrogen) atoms. The molecule has 0 spiro atoms. The fraction of sp³-hybridized carbons (Fsp3) is 0.333. The number of thiophene rings is 1. The maximum atomic E-state index is 9.35. The molecule has 0 fully saturated rings. The number of aliphatic hydroxyl groups excluding tert-OH is 1. The van der Waals surface area contributed by atoms with Crippen LogP contribution in [0, 0.1) is 0 Å². The number of benzene rings is 1. The molecule has 0 saturated heterocycles. The van der Waals surface area contributed by atoms with Crippen molar-refractivity contribution >= 4 is 22.9 Å². The van der Waals surface area contributed by atoms with E-state index in [0.29, 0.717) is 19.0 Å². The molecule has 1 aromatic carbocycles. The molecule has 0 aliphatic carbocycles. The lowest BCUT2D eigenvalue weighted by Gasteiger charge is -2.12. The number of halogens is 1. The fourth-order valence-corrected chi connectivity index (χ4v) is 2.69. The van der Waals surface area contributed by atoms with Crippen LogP contribution in [0.4, 0.5) is 0 Å². The second-order valence-electron chi connectivity index (χ2n) is 4.27. The van der Waals surface area contributed by atoms with E-state index in [1.54, 1.807) is 0 Å². The summed E-state index contributed by atoms with van der Waals surface area (Å²) in [5.74, 6) is 1.40. The van der Waals surface area contributed by atoms with E-state index in [1.165, 1.54) is 11.3 Å². The van der Waals surface area contributed by atoms with E-state index in [1.807, 2.05) is 30.3 Å². The Labute approximate surface area is 127 Å². The fourth-order valence-electron chi connectivity index (χ4n) is 1.69. The molecule has 5 heteroatoms. The predicted octanol–water partition coefficient (Wildman–Crippen LogP) is 4.26. The van der Waals surface area contributed by atoms with Gasteiger partial charge in [0.1, 0.15) is 18.1 Å². The number of aliphatic hydroxyl groups is 1. The van der Waals surface area contributed by atoms with Gasteiger partial charge in [0.05, 0.1) is 17.6 Å². The molecule has 0 saturated carbocycles. The number of ether oxygens (including phenoxy) is 2. The van der Waals surface area contributed by atoms with Crippen molar-refractivity contribution in [3.05, 3.63) is 45.1 Å². The largest absolute Gasteiger partial charge is 0.493 e. The molecular weight excluding hydrogens is 296 g/mol. The van der Waals surface area contributed by atoms with Crippen LogP contribution in [0.5, 0.6) is 11.5 Å². The maximum absolute atomic E-state index is 9.35. The van der Waals surface area contributed by atoms with Crippen molar-refractivity contribution in [3.63, 3.8) is 0 Å². The molecule has 0 aliphatic rings. The summed E-state index contributed by atoms with van der Waals surface area (Å²) in [6.45, 7) is 3.09. The highest BCUT2D eigenvalue weighted by atomic mass is 35.5. The van der Waals surface area contributed by atoms with Crippen molar-refractivity contribution in [1.82, 2.24) is 0 Å². The van der Waals surface area contributed by atoms with Gasteiger partial charge >= 0.3 is 0 Å². The van der Waals surface area contributed by atoms with Crippen LogP contribution in [0.2, 0.25) is 4.34 Å². The van der Waals surface area contributed by atoms with Gasteiger partial charge in [-0.2, -0.15) is 0 Å². The molecular formula is C15H17ClO3S. The Morgan fingerprint density at radius 3 is 2.70 bits per heavy atom. The summed E-state index contributed by atoms with van der Waals surface area (Å²) in [6.07, 6.45) is 0.950. The zero-order chi connectivity index (χ0) is 14.4. The minimum atomic E-state index is -0.0609. The number of hydrogen-bond acceptors (Lipinski definition) is 4. The second-order valence-corrected chi connectivity index (χ2v) is 6.07. The van der Waals surface area contributed by atoms with Gasteiger partial charge < -0.3 is 14.6 Å². The van der Waals surface area contributed by atoms with Gasteiger partial charge in [0.2, 0.25) is 0 Å². The lowest BCUT2D eigenvalue weighted by molar-refractivity contribution is 0.257. The first-order valence-corrected chi connectivity index (χ1v) is 7.66. The van der Waals surface area contributed by atoms with Crippen LogP contribution < -0.4 is 9.47 Å². The predicted molar refractivity (Wildman–Crippen MR) is 81.8 cm³/mol. The third kappa shape index (κ3) is 4.13. The monoisotopic (exact) mass is 312 g/mol. The highest BCUT2D eigenvalue weighted by molar-refractivity contribution is 7.16. The first-order chi connectivity index (χ1) is 9.72. The molecule has 0 atom stereocenters. The molecule has 3 nitrogen and oxygen atoms in total. The lowest BCUT2D eigenvalue weighted by Crippen LogP contribution is -2.00. The third-order valence-corrected chi connectivity index (χ3v) is 3.89. The quantitative estimate of drug-likeness (QED) is 0.830. The molecule has 0 aliphatic heterocycles. The van der Waals surface area contributed by atoms with Crippen LogP contribution in [0.1, 0.15) is 23.8 Å². The molecule has 0 bridgehead atoms. The van der Waals surface area contributed by atoms with Crippen LogP contribution >= 0.6 is 22.9 Å². The maximum Gasteiger partial charge on any atom is 0.129 e. The van der Waals surface area contributed by atoms with E-state index < -0.39 is 0 Å². The summed E-state index contributed by atoms with van der Waals surface area (Å²) in [4.78, 5) is 1.04. The molecule has 108 valence electrons. The highest BCUT2D eigenvalue weighted by Crippen LogP contribution is 2.28. The van der Waals surface area contributed by atoms with Crippen LogP contribution in [0.15, 0.2) is 30.3 Å². The van der Waals surface area contributed by atoms with Gasteiger partial charge in [-0.05, 0) is 30.7 Å². The van der Waals surface area contributed by atoms with Crippen molar-refractivity contribution in [2.45, 2.75) is 26.6 Å². The third-order valence-electron chi connectivity index (χ3n) is 2.68. The van der Waals surface area contributed by atoms with Gasteiger partial charge in [0.25, 0.3) is 0 Å². The first kappa shape index (κ1) is 15.2. The Morgan fingerprint density at radius 1 is 1.20 bits per heavy atom. The van der Waals surface area contributed by atoms with Crippen molar-refractivity contribution in [2.24, 2.45) is 0 Å². The molecule has 1 heterocycles. The molecule has 2 rings (SSSR count). The summed E-state index contributed by atoms with van der Waals surface area (Å²) in [5, 5.41) is 9.35. The topological polar surface area (TPSA) is 38.7 Å². The molecule has 0 amide bonds. The van der Waals surface area contributed by atoms with Crippen molar-refractivity contribution in [1.29, 1.82) is 0 Å². The molecule has 0 radical (unpaired) electrons. The normalized spacial score (nSPS) is 10.6. The average molecular weight is 313 g/mol. The van der Waals surface area contributed by atoms with E-state index in [0.717, 1.165) is 26.9 Å². The molecule has 1 N–H and O–H groups in total. The zero-order valence-electron chi connectivity index (χ0n) is 11.3. The molecule has 1 aromatic heterocycles. The lowest BCUT2D eigenvalue weighted by atomic mass is 10.2. The van der Waals surface area contributed by atoms with E-state index >= 15 is 0 Å². The summed E-state index contributed by atoms with van der Waals surface area (Å²) < 4.78 is 12.1. The van der Waals surface area contributed by atoms with Gasteiger partial charge in [-0.3, -0.25) is 0 Å². The van der Waals surface area contributed by atoms with Crippen molar-refractivity contribution in [2.75, 3.05) is 6.61 Å². The Morgan fingerprint density at radius 2 is 2.05 bits per heavy atom. The number of hydrogen-bond donors (Lipinski definition) is 1. The smallest absolute Gasteiger partial charge is 0.129 e. The van der Waals surface area contributed by atoms with E-state index in [9.17, 15) is 5.11 Å². The van der Waals surface area contributed by atoms with E-state index in [2.05, 4.69) is 6.92 Å². The van der Waals surface area contributed by atoms with E-state index in [-0.39, 0.29) is 6.61 Å². The molecule has 0 unspecified atom stereocenters. The van der Waals surface area contributed by atoms with Gasteiger partial charge in [0.15, 0.2) is 0 Å². The van der Waals surface area contributed by atoms with Crippen LogP contribution in [0.25, 0.3) is 0 Å². The van der Waals surface area contributed by atoms with Crippen molar-refractivity contribution < 1.29 is 14.6 Å². The number of rotatable bonds is 7. The second kappa shape index (κ2) is 7.53. The Hall–Kier alpha value is -1.23. The van der Waals surface area contributed by atoms with Gasteiger partial charge in [-0.15, -0.1) is 11.3 Å². The SMILES string of the molecule is CCCOc1ccc(CO)c(OCc2ccc(Cl)s2)c1. The Bertz CT molecular complexity index is 554. The average Bonchev–Trinajstić information content (AvgIpc) is 2.88. The van der Waals surface area contributed by atoms with Gasteiger partial charge in [0, 0.05) is 16.5 Å². The van der Waals surface area contributed by atoms with E-state index in [4.69, 9.17) is 21.1 Å². The summed E-state index contributed by atoms with van der Waals surface area (Å²) in [5.41, 5.74) is 0.747. The summed E-state index contributed by atoms with van der Waals surface area (Å²) in [7, 11) is 0. The van der Waals surface area contributed by atoms with Crippen LogP contribution in [0.3, 0.4) is 0 Å². The Kier molecular flexibility index (Phi) is 5.71. The summed E-state index contributed by atoms with van der Waals surface area (Å²) in [6, 6.07) is 9.26. The van der Waals surface area contributed by atoms with Crippen molar-refractivity contribution in [3.8, 4) is 11.5 Å². The minimum absolute atomic E-state index is 0.0609. The van der Waals surface area contributed by atoms with Gasteiger partial charge in [-0.1, -0.05) is 18.5 Å². The highest BCUT2D eigenvalue weighted by Gasteiger charge is 2.07.